The molecule has 0 aromatic rings. The van der Waals surface area contributed by atoms with E-state index >= 15 is 0 Å². The highest BCUT2D eigenvalue weighted by atomic mass is 31.2. The second-order valence-electron chi connectivity index (χ2n) is 22.1. The van der Waals surface area contributed by atoms with Crippen LogP contribution in [0, 0.1) is 0 Å². The van der Waals surface area contributed by atoms with Crippen molar-refractivity contribution in [2.45, 2.75) is 303 Å². The van der Waals surface area contributed by atoms with Crippen molar-refractivity contribution >= 4 is 39.5 Å². The molecule has 490 valence electrons. The minimum atomic E-state index is -4.96. The van der Waals surface area contributed by atoms with Crippen LogP contribution in [0.1, 0.15) is 285 Å². The summed E-state index contributed by atoms with van der Waals surface area (Å²) in [5.41, 5.74) is 0. The van der Waals surface area contributed by atoms with E-state index in [9.17, 15) is 43.2 Å². The molecule has 0 saturated carbocycles. The van der Waals surface area contributed by atoms with Crippen molar-refractivity contribution in [1.82, 2.24) is 0 Å². The SMILES string of the molecule is CCCCCC/C=C\C=C/CCCCCCCC(=O)OC[C@H](COP(=O)(O)OC[C@@H](O)COP(=O)(O)OC[C@@H](COC(=O)CCCCCCC)OC(=O)CCCCCCCCCCC)OC(=O)CCCCCCC/C=C\C=C/CCCCCC. The summed E-state index contributed by atoms with van der Waals surface area (Å²) in [6.07, 6.45) is 50.6. The van der Waals surface area contributed by atoms with E-state index in [1.165, 1.54) is 77.0 Å². The molecule has 3 N–H and O–H groups in total. The van der Waals surface area contributed by atoms with Gasteiger partial charge < -0.3 is 33.8 Å². The number of unbranched alkanes of at least 4 members (excludes halogenated alkanes) is 30. The third-order valence-corrected chi connectivity index (χ3v) is 15.8. The Kier molecular flexibility index (Phi) is 56.9. The monoisotopic (exact) mass is 1230 g/mol. The summed E-state index contributed by atoms with van der Waals surface area (Å²) in [6.45, 7) is 4.66. The molecular weight excluding hydrogens is 1110 g/mol. The van der Waals surface area contributed by atoms with Crippen molar-refractivity contribution in [1.29, 1.82) is 0 Å². The van der Waals surface area contributed by atoms with E-state index in [4.69, 9.17) is 37.0 Å². The number of ether oxygens (including phenoxy) is 4. The Balaban J connectivity index is 5.24. The van der Waals surface area contributed by atoms with E-state index in [1.807, 2.05) is 0 Å². The van der Waals surface area contributed by atoms with Gasteiger partial charge in [0.15, 0.2) is 12.2 Å². The maximum atomic E-state index is 13.0. The second kappa shape index (κ2) is 59.0. The van der Waals surface area contributed by atoms with Crippen LogP contribution in [0.2, 0.25) is 0 Å². The first-order valence-electron chi connectivity index (χ1n) is 32.9. The number of carbonyl (C=O) groups excluding carboxylic acids is 4. The predicted molar refractivity (Wildman–Crippen MR) is 335 cm³/mol. The van der Waals surface area contributed by atoms with E-state index in [1.54, 1.807) is 0 Å². The number of hydrogen-bond donors (Lipinski definition) is 3. The standard InChI is InChI=1S/C65H118O17P2/c1-5-9-13-17-20-23-25-27-29-31-33-36-38-42-46-50-63(68)76-56-61(82-65(70)52-48-44-40-37-34-32-30-28-26-24-21-18-14-10-6-2)58-80-84(73,74)78-54-59(66)53-77-83(71,72)79-57-60(55-75-62(67)49-45-41-16-12-8-4)81-64(69)51-47-43-39-35-22-19-15-11-7-3/h23-30,59-61,66H,5-22,31-58H2,1-4H3,(H,71,72)(H,73,74)/b25-23-,26-24-,29-27-,30-28-/t59-,60+,61+/m0/s1. The summed E-state index contributed by atoms with van der Waals surface area (Å²) >= 11 is 0. The first-order valence-corrected chi connectivity index (χ1v) is 35.9. The third-order valence-electron chi connectivity index (χ3n) is 13.9. The zero-order chi connectivity index (χ0) is 61.9. The summed E-state index contributed by atoms with van der Waals surface area (Å²) in [4.78, 5) is 71.9. The molecule has 0 aliphatic heterocycles. The Morgan fingerprint density at radius 2 is 0.571 bits per heavy atom. The summed E-state index contributed by atoms with van der Waals surface area (Å²) < 4.78 is 67.7. The smallest absolute Gasteiger partial charge is 0.462 e. The van der Waals surface area contributed by atoms with Gasteiger partial charge in [-0.3, -0.25) is 37.3 Å². The predicted octanol–water partition coefficient (Wildman–Crippen LogP) is 17.4. The molecule has 19 heteroatoms. The molecule has 0 aliphatic carbocycles. The molecule has 0 spiro atoms. The second-order valence-corrected chi connectivity index (χ2v) is 25.0. The van der Waals surface area contributed by atoms with Crippen LogP contribution in [0.5, 0.6) is 0 Å². The number of rotatable bonds is 62. The third kappa shape index (κ3) is 58.1. The maximum Gasteiger partial charge on any atom is 0.472 e. The largest absolute Gasteiger partial charge is 0.472 e. The normalized spacial score (nSPS) is 14.5. The summed E-state index contributed by atoms with van der Waals surface area (Å²) in [5, 5.41) is 10.5. The molecule has 0 bridgehead atoms. The molecule has 0 radical (unpaired) electrons. The van der Waals surface area contributed by atoms with Crippen molar-refractivity contribution < 1.29 is 80.2 Å². The minimum absolute atomic E-state index is 0.0782. The van der Waals surface area contributed by atoms with Crippen molar-refractivity contribution in [2.24, 2.45) is 0 Å². The van der Waals surface area contributed by atoms with E-state index in [0.29, 0.717) is 25.7 Å². The van der Waals surface area contributed by atoms with Crippen LogP contribution < -0.4 is 0 Å². The van der Waals surface area contributed by atoms with Gasteiger partial charge in [0.25, 0.3) is 0 Å². The van der Waals surface area contributed by atoms with Crippen molar-refractivity contribution in [3.05, 3.63) is 48.6 Å². The highest BCUT2D eigenvalue weighted by Gasteiger charge is 2.30. The Hall–Kier alpha value is -2.98. The fraction of sp³-hybridized carbons (Fsp3) is 0.815. The summed E-state index contributed by atoms with van der Waals surface area (Å²) in [7, 11) is -9.90. The van der Waals surface area contributed by atoms with E-state index < -0.39 is 97.5 Å². The molecule has 0 aromatic carbocycles. The first-order chi connectivity index (χ1) is 40.7. The van der Waals surface area contributed by atoms with Gasteiger partial charge in [0.1, 0.15) is 19.3 Å². The summed E-state index contributed by atoms with van der Waals surface area (Å²) in [6, 6.07) is 0. The fourth-order valence-corrected chi connectivity index (χ4v) is 10.3. The number of phosphoric acid groups is 2. The Morgan fingerprint density at radius 1 is 0.333 bits per heavy atom. The van der Waals surface area contributed by atoms with Gasteiger partial charge in [0.2, 0.25) is 0 Å². The van der Waals surface area contributed by atoms with Crippen LogP contribution in [0.4, 0.5) is 0 Å². The zero-order valence-corrected chi connectivity index (χ0v) is 54.6. The van der Waals surface area contributed by atoms with Crippen LogP contribution in [0.25, 0.3) is 0 Å². The maximum absolute atomic E-state index is 13.0. The lowest BCUT2D eigenvalue weighted by Crippen LogP contribution is -2.30. The van der Waals surface area contributed by atoms with Crippen LogP contribution in [0.15, 0.2) is 48.6 Å². The van der Waals surface area contributed by atoms with E-state index in [2.05, 4.69) is 76.3 Å². The number of hydrogen-bond acceptors (Lipinski definition) is 15. The molecule has 0 amide bonds. The number of aliphatic hydroxyl groups is 1. The van der Waals surface area contributed by atoms with Crippen LogP contribution in [0.3, 0.4) is 0 Å². The molecule has 0 aliphatic rings. The van der Waals surface area contributed by atoms with Gasteiger partial charge >= 0.3 is 39.5 Å². The molecule has 0 saturated heterocycles. The molecule has 17 nitrogen and oxygen atoms in total. The van der Waals surface area contributed by atoms with Crippen LogP contribution >= 0.6 is 15.6 Å². The van der Waals surface area contributed by atoms with Gasteiger partial charge in [-0.05, 0) is 77.0 Å². The quantitative estimate of drug-likeness (QED) is 0.0169. The molecule has 0 heterocycles. The number of aliphatic hydroxyl groups excluding tert-OH is 1. The lowest BCUT2D eigenvalue weighted by Gasteiger charge is -2.21. The van der Waals surface area contributed by atoms with Gasteiger partial charge in [0.05, 0.1) is 26.4 Å². The van der Waals surface area contributed by atoms with E-state index in [-0.39, 0.29) is 25.7 Å². The molecule has 0 fully saturated rings. The Morgan fingerprint density at radius 3 is 0.869 bits per heavy atom. The lowest BCUT2D eigenvalue weighted by atomic mass is 10.1. The summed E-state index contributed by atoms with van der Waals surface area (Å²) in [5.74, 6) is -2.20. The zero-order valence-electron chi connectivity index (χ0n) is 52.8. The average molecular weight is 1230 g/mol. The Labute approximate surface area is 508 Å². The fourth-order valence-electron chi connectivity index (χ4n) is 8.73. The van der Waals surface area contributed by atoms with Crippen LogP contribution in [-0.2, 0) is 65.4 Å². The number of esters is 4. The van der Waals surface area contributed by atoms with Gasteiger partial charge in [0, 0.05) is 25.7 Å². The van der Waals surface area contributed by atoms with Crippen molar-refractivity contribution in [2.75, 3.05) is 39.6 Å². The van der Waals surface area contributed by atoms with Gasteiger partial charge in [-0.25, -0.2) is 9.13 Å². The number of carbonyl (C=O) groups is 4. The lowest BCUT2D eigenvalue weighted by molar-refractivity contribution is -0.161. The first kappa shape index (κ1) is 81.0. The molecule has 84 heavy (non-hydrogen) atoms. The van der Waals surface area contributed by atoms with Crippen molar-refractivity contribution in [3.8, 4) is 0 Å². The van der Waals surface area contributed by atoms with Gasteiger partial charge in [-0.2, -0.15) is 0 Å². The highest BCUT2D eigenvalue weighted by Crippen LogP contribution is 2.45. The number of allylic oxidation sites excluding steroid dienone is 8. The van der Waals surface area contributed by atoms with E-state index in [0.717, 1.165) is 128 Å². The van der Waals surface area contributed by atoms with Crippen molar-refractivity contribution in [3.63, 3.8) is 0 Å². The average Bonchev–Trinajstić information content (AvgIpc) is 3.55. The molecule has 0 aromatic heterocycles. The highest BCUT2D eigenvalue weighted by molar-refractivity contribution is 7.47. The minimum Gasteiger partial charge on any atom is -0.462 e. The molecule has 0 rings (SSSR count). The molecule has 5 atom stereocenters. The topological polar surface area (TPSA) is 237 Å². The van der Waals surface area contributed by atoms with Gasteiger partial charge in [-0.1, -0.05) is 230 Å². The Bertz CT molecular complexity index is 1810. The number of phosphoric ester groups is 2. The van der Waals surface area contributed by atoms with Crippen LogP contribution in [-0.4, -0.2) is 96.7 Å². The molecule has 2 unspecified atom stereocenters. The molecular formula is C65H118O17P2. The van der Waals surface area contributed by atoms with Gasteiger partial charge in [-0.15, -0.1) is 0 Å².